The SMILES string of the molecule is CN(C)C(=NCCCCN1CCN(c2ccccc2)CC1)N(C)C.I. The summed E-state index contributed by atoms with van der Waals surface area (Å²) < 4.78 is 0. The van der Waals surface area contributed by atoms with Gasteiger partial charge in [0, 0.05) is 66.6 Å². The third-order valence-electron chi connectivity index (χ3n) is 4.43. The van der Waals surface area contributed by atoms with E-state index in [0.29, 0.717) is 0 Å². The Balaban J connectivity index is 0.00000312. The van der Waals surface area contributed by atoms with Crippen LogP contribution in [0.25, 0.3) is 0 Å². The Morgan fingerprint density at radius 1 is 0.920 bits per heavy atom. The largest absolute Gasteiger partial charge is 0.369 e. The maximum Gasteiger partial charge on any atom is 0.195 e. The fourth-order valence-electron chi connectivity index (χ4n) is 3.18. The third kappa shape index (κ3) is 7.40. The molecule has 0 saturated carbocycles. The van der Waals surface area contributed by atoms with Gasteiger partial charge in [0.05, 0.1) is 0 Å². The van der Waals surface area contributed by atoms with Crippen LogP contribution in [-0.4, -0.2) is 88.1 Å². The highest BCUT2D eigenvalue weighted by Crippen LogP contribution is 2.15. The molecule has 2 rings (SSSR count). The van der Waals surface area contributed by atoms with Gasteiger partial charge in [0.25, 0.3) is 0 Å². The van der Waals surface area contributed by atoms with Crippen molar-refractivity contribution in [3.63, 3.8) is 0 Å². The van der Waals surface area contributed by atoms with E-state index in [4.69, 9.17) is 4.99 Å². The van der Waals surface area contributed by atoms with Gasteiger partial charge in [-0.3, -0.25) is 9.89 Å². The summed E-state index contributed by atoms with van der Waals surface area (Å²) in [5.74, 6) is 1.05. The first-order valence-electron chi connectivity index (χ1n) is 8.99. The zero-order valence-electron chi connectivity index (χ0n) is 16.2. The molecular formula is C19H34IN5. The molecule has 0 amide bonds. The topological polar surface area (TPSA) is 25.3 Å². The Morgan fingerprint density at radius 3 is 2.08 bits per heavy atom. The average molecular weight is 459 g/mol. The number of piperazine rings is 1. The van der Waals surface area contributed by atoms with Crippen molar-refractivity contribution < 1.29 is 0 Å². The van der Waals surface area contributed by atoms with E-state index in [1.165, 1.54) is 31.7 Å². The number of aliphatic imine (C=N–C) groups is 1. The number of guanidine groups is 1. The van der Waals surface area contributed by atoms with Crippen molar-refractivity contribution in [1.82, 2.24) is 14.7 Å². The molecule has 0 spiro atoms. The van der Waals surface area contributed by atoms with Gasteiger partial charge in [0.1, 0.15) is 0 Å². The van der Waals surface area contributed by atoms with Gasteiger partial charge in [-0.1, -0.05) is 18.2 Å². The summed E-state index contributed by atoms with van der Waals surface area (Å²) in [4.78, 5) is 13.9. The van der Waals surface area contributed by atoms with E-state index < -0.39 is 0 Å². The second kappa shape index (κ2) is 11.6. The van der Waals surface area contributed by atoms with Crippen LogP contribution in [0, 0.1) is 0 Å². The lowest BCUT2D eigenvalue weighted by Crippen LogP contribution is -2.46. The van der Waals surface area contributed by atoms with Gasteiger partial charge in [-0.15, -0.1) is 24.0 Å². The highest BCUT2D eigenvalue weighted by atomic mass is 127. The Hall–Kier alpha value is -1.02. The summed E-state index contributed by atoms with van der Waals surface area (Å²) in [5, 5.41) is 0. The normalized spacial score (nSPS) is 14.6. The Kier molecular flexibility index (Phi) is 10.2. The van der Waals surface area contributed by atoms with Gasteiger partial charge in [-0.25, -0.2) is 0 Å². The molecule has 0 bridgehead atoms. The van der Waals surface area contributed by atoms with Crippen LogP contribution in [0.4, 0.5) is 5.69 Å². The second-order valence-corrected chi connectivity index (χ2v) is 6.84. The van der Waals surface area contributed by atoms with Crippen LogP contribution in [0.3, 0.4) is 0 Å². The molecule has 1 aliphatic heterocycles. The van der Waals surface area contributed by atoms with Crippen molar-refractivity contribution in [2.24, 2.45) is 4.99 Å². The first-order chi connectivity index (χ1) is 11.6. The molecule has 1 aromatic rings. The summed E-state index contributed by atoms with van der Waals surface area (Å²) in [7, 11) is 8.19. The van der Waals surface area contributed by atoms with E-state index in [-0.39, 0.29) is 24.0 Å². The fourth-order valence-corrected chi connectivity index (χ4v) is 3.18. The van der Waals surface area contributed by atoms with Gasteiger partial charge < -0.3 is 14.7 Å². The molecule has 25 heavy (non-hydrogen) atoms. The van der Waals surface area contributed by atoms with Crippen molar-refractivity contribution in [3.8, 4) is 0 Å². The van der Waals surface area contributed by atoms with Crippen LogP contribution in [0.5, 0.6) is 0 Å². The van der Waals surface area contributed by atoms with E-state index in [1.807, 2.05) is 28.2 Å². The van der Waals surface area contributed by atoms with Crippen molar-refractivity contribution in [2.45, 2.75) is 12.8 Å². The second-order valence-electron chi connectivity index (χ2n) is 6.84. The molecule has 0 unspecified atom stereocenters. The Labute approximate surface area is 170 Å². The number of hydrogen-bond donors (Lipinski definition) is 0. The zero-order valence-corrected chi connectivity index (χ0v) is 18.5. The average Bonchev–Trinajstić information content (AvgIpc) is 2.58. The zero-order chi connectivity index (χ0) is 17.4. The monoisotopic (exact) mass is 459 g/mol. The Bertz CT molecular complexity index is 486. The smallest absolute Gasteiger partial charge is 0.195 e. The number of rotatable bonds is 6. The molecule has 0 atom stereocenters. The predicted octanol–water partition coefficient (Wildman–Crippen LogP) is 2.69. The maximum atomic E-state index is 4.70. The molecule has 6 heteroatoms. The van der Waals surface area contributed by atoms with Crippen molar-refractivity contribution in [3.05, 3.63) is 30.3 Å². The standard InChI is InChI=1S/C19H33N5.HI/c1-21(2)19(22(3)4)20-12-8-9-13-23-14-16-24(17-15-23)18-10-6-5-7-11-18;/h5-7,10-11H,8-9,12-17H2,1-4H3;1H. The molecule has 1 aromatic carbocycles. The van der Waals surface area contributed by atoms with Crippen molar-refractivity contribution in [2.75, 3.05) is 72.4 Å². The summed E-state index contributed by atoms with van der Waals surface area (Å²) >= 11 is 0. The number of para-hydroxylation sites is 1. The number of benzene rings is 1. The minimum absolute atomic E-state index is 0. The molecule has 0 N–H and O–H groups in total. The summed E-state index contributed by atoms with van der Waals surface area (Å²) in [6.45, 7) is 6.70. The lowest BCUT2D eigenvalue weighted by molar-refractivity contribution is 0.253. The van der Waals surface area contributed by atoms with Gasteiger partial charge in [-0.05, 0) is 31.5 Å². The van der Waals surface area contributed by atoms with E-state index in [1.54, 1.807) is 0 Å². The molecule has 1 saturated heterocycles. The molecular weight excluding hydrogens is 425 g/mol. The van der Waals surface area contributed by atoms with Crippen molar-refractivity contribution >= 4 is 35.6 Å². The first kappa shape index (κ1) is 22.0. The van der Waals surface area contributed by atoms with Crippen LogP contribution >= 0.6 is 24.0 Å². The van der Waals surface area contributed by atoms with Gasteiger partial charge in [0.15, 0.2) is 5.96 Å². The first-order valence-corrected chi connectivity index (χ1v) is 8.99. The van der Waals surface area contributed by atoms with Gasteiger partial charge in [0.2, 0.25) is 0 Å². The molecule has 1 fully saturated rings. The summed E-state index contributed by atoms with van der Waals surface area (Å²) in [5.41, 5.74) is 1.35. The molecule has 142 valence electrons. The number of nitrogens with zero attached hydrogens (tertiary/aromatic N) is 5. The van der Waals surface area contributed by atoms with Crippen LogP contribution < -0.4 is 4.90 Å². The van der Waals surface area contributed by atoms with Gasteiger partial charge >= 0.3 is 0 Å². The molecule has 0 aliphatic carbocycles. The number of unbranched alkanes of at least 4 members (excludes halogenated alkanes) is 1. The highest BCUT2D eigenvalue weighted by molar-refractivity contribution is 14.0. The molecule has 0 radical (unpaired) electrons. The van der Waals surface area contributed by atoms with Gasteiger partial charge in [-0.2, -0.15) is 0 Å². The minimum atomic E-state index is 0. The fraction of sp³-hybridized carbons (Fsp3) is 0.632. The van der Waals surface area contributed by atoms with E-state index in [9.17, 15) is 0 Å². The quantitative estimate of drug-likeness (QED) is 0.283. The lowest BCUT2D eigenvalue weighted by atomic mass is 10.2. The number of hydrogen-bond acceptors (Lipinski definition) is 3. The number of anilines is 1. The highest BCUT2D eigenvalue weighted by Gasteiger charge is 2.16. The van der Waals surface area contributed by atoms with Crippen molar-refractivity contribution in [1.29, 1.82) is 0 Å². The number of halogens is 1. The van der Waals surface area contributed by atoms with Crippen LogP contribution in [0.2, 0.25) is 0 Å². The molecule has 0 aromatic heterocycles. The lowest BCUT2D eigenvalue weighted by Gasteiger charge is -2.36. The van der Waals surface area contributed by atoms with Crippen LogP contribution in [-0.2, 0) is 0 Å². The minimum Gasteiger partial charge on any atom is -0.369 e. The van der Waals surface area contributed by atoms with Crippen LogP contribution in [0.1, 0.15) is 12.8 Å². The molecule has 5 nitrogen and oxygen atoms in total. The molecule has 1 aliphatic rings. The molecule has 1 heterocycles. The van der Waals surface area contributed by atoms with Crippen LogP contribution in [0.15, 0.2) is 35.3 Å². The maximum absolute atomic E-state index is 4.70. The summed E-state index contributed by atoms with van der Waals surface area (Å²) in [6, 6.07) is 10.7. The predicted molar refractivity (Wildman–Crippen MR) is 119 cm³/mol. The van der Waals surface area contributed by atoms with E-state index in [2.05, 4.69) is 49.9 Å². The Morgan fingerprint density at radius 2 is 1.52 bits per heavy atom. The third-order valence-corrected chi connectivity index (χ3v) is 4.43. The summed E-state index contributed by atoms with van der Waals surface area (Å²) in [6.07, 6.45) is 2.38. The van der Waals surface area contributed by atoms with E-state index >= 15 is 0 Å². The van der Waals surface area contributed by atoms with E-state index in [0.717, 1.165) is 32.0 Å².